The summed E-state index contributed by atoms with van der Waals surface area (Å²) < 4.78 is 38.7. The maximum absolute atomic E-state index is 13.0. The number of halogens is 3. The number of rotatable bonds is 7. The molecule has 0 heterocycles. The van der Waals surface area contributed by atoms with E-state index in [4.69, 9.17) is 5.11 Å². The van der Waals surface area contributed by atoms with Gasteiger partial charge in [-0.1, -0.05) is 13.8 Å². The van der Waals surface area contributed by atoms with Crippen molar-refractivity contribution in [3.63, 3.8) is 0 Å². The summed E-state index contributed by atoms with van der Waals surface area (Å²) in [6.07, 6.45) is 0.508. The van der Waals surface area contributed by atoms with Gasteiger partial charge in [0.25, 0.3) is 0 Å². The van der Waals surface area contributed by atoms with Crippen LogP contribution in [-0.2, 0) is 11.3 Å². The largest absolute Gasteiger partial charge is 0.481 e. The van der Waals surface area contributed by atoms with E-state index in [0.717, 1.165) is 12.1 Å². The fourth-order valence-corrected chi connectivity index (χ4v) is 1.94. The summed E-state index contributed by atoms with van der Waals surface area (Å²) >= 11 is 0. The topological polar surface area (TPSA) is 49.3 Å². The molecule has 2 N–H and O–H groups in total. The van der Waals surface area contributed by atoms with Crippen molar-refractivity contribution in [3.8, 4) is 0 Å². The minimum Gasteiger partial charge on any atom is -0.481 e. The molecule has 0 fully saturated rings. The number of carboxylic acid groups (broad SMARTS) is 1. The lowest BCUT2D eigenvalue weighted by Gasteiger charge is -2.15. The molecular formula is C14H18F3NO2. The highest BCUT2D eigenvalue weighted by molar-refractivity contribution is 5.70. The standard InChI is InChI=1S/C14H18F3NO2/c1-8(2)3-10(14(19)20)7-18-6-9-4-11(15)13(17)12(16)5-9/h4-5,8,10,18H,3,6-7H2,1-2H3,(H,19,20). The van der Waals surface area contributed by atoms with Gasteiger partial charge in [-0.05, 0) is 30.0 Å². The molecule has 3 nitrogen and oxygen atoms in total. The number of carbonyl (C=O) groups is 1. The van der Waals surface area contributed by atoms with Gasteiger partial charge in [-0.15, -0.1) is 0 Å². The Hall–Kier alpha value is -1.56. The van der Waals surface area contributed by atoms with Crippen molar-refractivity contribution < 1.29 is 23.1 Å². The molecule has 0 amide bonds. The van der Waals surface area contributed by atoms with Crippen LogP contribution in [0.2, 0.25) is 0 Å². The van der Waals surface area contributed by atoms with E-state index in [1.165, 1.54) is 0 Å². The Morgan fingerprint density at radius 1 is 1.25 bits per heavy atom. The number of hydrogen-bond acceptors (Lipinski definition) is 2. The average molecular weight is 289 g/mol. The predicted molar refractivity (Wildman–Crippen MR) is 68.6 cm³/mol. The number of carboxylic acids is 1. The van der Waals surface area contributed by atoms with Crippen molar-refractivity contribution in [2.45, 2.75) is 26.8 Å². The van der Waals surface area contributed by atoms with E-state index in [2.05, 4.69) is 5.32 Å². The van der Waals surface area contributed by atoms with Gasteiger partial charge in [-0.3, -0.25) is 4.79 Å². The smallest absolute Gasteiger partial charge is 0.307 e. The van der Waals surface area contributed by atoms with Gasteiger partial charge in [-0.2, -0.15) is 0 Å². The SMILES string of the molecule is CC(C)CC(CNCc1cc(F)c(F)c(F)c1)C(=O)O. The van der Waals surface area contributed by atoms with Gasteiger partial charge in [0.05, 0.1) is 5.92 Å². The Balaban J connectivity index is 2.57. The molecule has 112 valence electrons. The van der Waals surface area contributed by atoms with Crippen LogP contribution >= 0.6 is 0 Å². The minimum atomic E-state index is -1.50. The van der Waals surface area contributed by atoms with Crippen LogP contribution in [0.25, 0.3) is 0 Å². The van der Waals surface area contributed by atoms with E-state index >= 15 is 0 Å². The normalized spacial score (nSPS) is 12.7. The molecule has 0 bridgehead atoms. The second kappa shape index (κ2) is 7.28. The first-order chi connectivity index (χ1) is 9.31. The zero-order valence-electron chi connectivity index (χ0n) is 11.4. The van der Waals surface area contributed by atoms with Gasteiger partial charge in [0, 0.05) is 13.1 Å². The molecule has 1 atom stereocenters. The van der Waals surface area contributed by atoms with E-state index in [-0.39, 0.29) is 24.6 Å². The zero-order chi connectivity index (χ0) is 15.3. The summed E-state index contributed by atoms with van der Waals surface area (Å²) in [6.45, 7) is 4.10. The van der Waals surface area contributed by atoms with Crippen LogP contribution in [0.15, 0.2) is 12.1 Å². The summed E-state index contributed by atoms with van der Waals surface area (Å²) in [7, 11) is 0. The number of hydrogen-bond donors (Lipinski definition) is 2. The number of benzene rings is 1. The third kappa shape index (κ3) is 4.85. The third-order valence-electron chi connectivity index (χ3n) is 2.87. The molecule has 0 aliphatic heterocycles. The second-order valence-corrected chi connectivity index (χ2v) is 5.17. The molecule has 6 heteroatoms. The highest BCUT2D eigenvalue weighted by atomic mass is 19.2. The third-order valence-corrected chi connectivity index (χ3v) is 2.87. The van der Waals surface area contributed by atoms with Crippen molar-refractivity contribution in [1.29, 1.82) is 0 Å². The van der Waals surface area contributed by atoms with Crippen molar-refractivity contribution in [2.75, 3.05) is 6.54 Å². The van der Waals surface area contributed by atoms with Crippen LogP contribution in [0, 0.1) is 29.3 Å². The molecule has 0 radical (unpaired) electrons. The van der Waals surface area contributed by atoms with Gasteiger partial charge < -0.3 is 10.4 Å². The van der Waals surface area contributed by atoms with Gasteiger partial charge in [-0.25, -0.2) is 13.2 Å². The van der Waals surface area contributed by atoms with Crippen molar-refractivity contribution >= 4 is 5.97 Å². The molecule has 0 aliphatic rings. The summed E-state index contributed by atoms with van der Waals surface area (Å²) in [6, 6.07) is 1.78. The Labute approximate surface area is 115 Å². The fourth-order valence-electron chi connectivity index (χ4n) is 1.94. The molecule has 0 aromatic heterocycles. The molecular weight excluding hydrogens is 271 g/mol. The van der Waals surface area contributed by atoms with Gasteiger partial charge >= 0.3 is 5.97 Å². The Morgan fingerprint density at radius 3 is 2.25 bits per heavy atom. The molecule has 0 saturated carbocycles. The van der Waals surface area contributed by atoms with E-state index in [0.29, 0.717) is 6.42 Å². The van der Waals surface area contributed by atoms with E-state index in [9.17, 15) is 18.0 Å². The first-order valence-corrected chi connectivity index (χ1v) is 6.38. The highest BCUT2D eigenvalue weighted by Crippen LogP contribution is 2.14. The molecule has 1 rings (SSSR count). The van der Waals surface area contributed by atoms with E-state index in [1.54, 1.807) is 0 Å². The van der Waals surface area contributed by atoms with Crippen molar-refractivity contribution in [2.24, 2.45) is 11.8 Å². The maximum Gasteiger partial charge on any atom is 0.307 e. The summed E-state index contributed by atoms with van der Waals surface area (Å²) in [5, 5.41) is 11.9. The molecule has 1 aromatic carbocycles. The summed E-state index contributed by atoms with van der Waals surface area (Å²) in [5.74, 6) is -5.25. The maximum atomic E-state index is 13.0. The fraction of sp³-hybridized carbons (Fsp3) is 0.500. The van der Waals surface area contributed by atoms with Crippen molar-refractivity contribution in [1.82, 2.24) is 5.32 Å². The Kier molecular flexibility index (Phi) is 6.01. The second-order valence-electron chi connectivity index (χ2n) is 5.17. The first kappa shape index (κ1) is 16.5. The van der Waals surface area contributed by atoms with Crippen LogP contribution in [-0.4, -0.2) is 17.6 Å². The molecule has 1 unspecified atom stereocenters. The summed E-state index contributed by atoms with van der Waals surface area (Å²) in [5.41, 5.74) is 0.232. The van der Waals surface area contributed by atoms with Crippen LogP contribution in [0.1, 0.15) is 25.8 Å². The predicted octanol–water partition coefficient (Wildman–Crippen LogP) is 2.94. The molecule has 1 aromatic rings. The molecule has 0 aliphatic carbocycles. The molecule has 0 spiro atoms. The van der Waals surface area contributed by atoms with Crippen molar-refractivity contribution in [3.05, 3.63) is 35.1 Å². The molecule has 20 heavy (non-hydrogen) atoms. The monoisotopic (exact) mass is 289 g/mol. The van der Waals surface area contributed by atoms with E-state index in [1.807, 2.05) is 13.8 Å². The van der Waals surface area contributed by atoms with Gasteiger partial charge in [0.15, 0.2) is 17.5 Å². The first-order valence-electron chi connectivity index (χ1n) is 6.38. The number of nitrogens with one attached hydrogen (secondary N) is 1. The lowest BCUT2D eigenvalue weighted by molar-refractivity contribution is -0.142. The van der Waals surface area contributed by atoms with Gasteiger partial charge in [0.2, 0.25) is 0 Å². The van der Waals surface area contributed by atoms with E-state index < -0.39 is 29.3 Å². The van der Waals surface area contributed by atoms with Crippen LogP contribution in [0.3, 0.4) is 0 Å². The van der Waals surface area contributed by atoms with Crippen LogP contribution in [0.5, 0.6) is 0 Å². The quantitative estimate of drug-likeness (QED) is 0.759. The van der Waals surface area contributed by atoms with Crippen LogP contribution in [0.4, 0.5) is 13.2 Å². The lowest BCUT2D eigenvalue weighted by Crippen LogP contribution is -2.29. The zero-order valence-corrected chi connectivity index (χ0v) is 11.4. The van der Waals surface area contributed by atoms with Gasteiger partial charge in [0.1, 0.15) is 0 Å². The number of aliphatic carboxylic acids is 1. The Morgan fingerprint density at radius 2 is 1.80 bits per heavy atom. The minimum absolute atomic E-state index is 0.0794. The highest BCUT2D eigenvalue weighted by Gasteiger charge is 2.18. The average Bonchev–Trinajstić information content (AvgIpc) is 2.34. The van der Waals surface area contributed by atoms with Crippen LogP contribution < -0.4 is 5.32 Å². The summed E-state index contributed by atoms with van der Waals surface area (Å²) in [4.78, 5) is 11.0. The molecule has 0 saturated heterocycles. The lowest BCUT2D eigenvalue weighted by atomic mass is 9.97. The Bertz CT molecular complexity index is 454.